The summed E-state index contributed by atoms with van der Waals surface area (Å²) in [6.07, 6.45) is -0.0281. The first-order valence-corrected chi connectivity index (χ1v) is 11.0. The van der Waals surface area contributed by atoms with Gasteiger partial charge in [0, 0.05) is 30.0 Å². The molecular weight excluding hydrogens is 443 g/mol. The lowest BCUT2D eigenvalue weighted by Crippen LogP contribution is -2.42. The van der Waals surface area contributed by atoms with Gasteiger partial charge in [0.15, 0.2) is 0 Å². The van der Waals surface area contributed by atoms with E-state index in [-0.39, 0.29) is 37.5 Å². The van der Waals surface area contributed by atoms with Crippen molar-refractivity contribution < 1.29 is 18.8 Å². The maximum absolute atomic E-state index is 13.1. The van der Waals surface area contributed by atoms with Crippen LogP contribution in [0.5, 0.6) is 0 Å². The predicted molar refractivity (Wildman–Crippen MR) is 124 cm³/mol. The fourth-order valence-corrected chi connectivity index (χ4v) is 3.91. The van der Waals surface area contributed by atoms with Gasteiger partial charge < -0.3 is 4.90 Å². The van der Waals surface area contributed by atoms with Crippen LogP contribution in [0.3, 0.4) is 0 Å². The molecule has 0 unspecified atom stereocenters. The molecule has 9 heteroatoms. The molecule has 0 aliphatic heterocycles. The number of rotatable bonds is 8. The van der Waals surface area contributed by atoms with Crippen LogP contribution >= 0.6 is 11.3 Å². The largest absolute Gasteiger partial charge is 0.311 e. The highest BCUT2D eigenvalue weighted by Crippen LogP contribution is 2.28. The van der Waals surface area contributed by atoms with Gasteiger partial charge in [-0.2, -0.15) is 5.26 Å². The van der Waals surface area contributed by atoms with Crippen molar-refractivity contribution in [2.75, 3.05) is 11.4 Å². The van der Waals surface area contributed by atoms with Gasteiger partial charge in [0.1, 0.15) is 5.82 Å². The van der Waals surface area contributed by atoms with E-state index in [1.807, 2.05) is 12.1 Å². The number of thiophene rings is 1. The number of anilines is 1. The number of hydrogen-bond acceptors (Lipinski definition) is 5. The van der Waals surface area contributed by atoms with Gasteiger partial charge in [-0.25, -0.2) is 4.39 Å². The summed E-state index contributed by atoms with van der Waals surface area (Å²) in [4.78, 5) is 39.7. The van der Waals surface area contributed by atoms with E-state index >= 15 is 0 Å². The number of nitrogens with zero attached hydrogens (tertiary/aromatic N) is 2. The van der Waals surface area contributed by atoms with E-state index in [9.17, 15) is 18.8 Å². The molecule has 1 heterocycles. The monoisotopic (exact) mass is 464 g/mol. The van der Waals surface area contributed by atoms with Crippen molar-refractivity contribution in [3.8, 4) is 16.5 Å². The molecule has 2 N–H and O–H groups in total. The number of nitriles is 1. The van der Waals surface area contributed by atoms with E-state index in [0.29, 0.717) is 10.6 Å². The number of hydrogen-bond donors (Lipinski definition) is 2. The third-order valence-corrected chi connectivity index (χ3v) is 5.79. The Morgan fingerprint density at radius 2 is 1.67 bits per heavy atom. The van der Waals surface area contributed by atoms with Crippen molar-refractivity contribution in [2.24, 2.45) is 0 Å². The molecule has 0 fully saturated rings. The van der Waals surface area contributed by atoms with Crippen LogP contribution in [0.1, 0.15) is 28.9 Å². The lowest BCUT2D eigenvalue weighted by Gasteiger charge is -2.21. The average molecular weight is 465 g/mol. The van der Waals surface area contributed by atoms with Crippen molar-refractivity contribution in [3.05, 3.63) is 77.4 Å². The summed E-state index contributed by atoms with van der Waals surface area (Å²) < 4.78 is 13.1. The summed E-state index contributed by atoms with van der Waals surface area (Å²) >= 11 is 1.21. The molecule has 33 heavy (non-hydrogen) atoms. The third-order valence-electron chi connectivity index (χ3n) is 4.66. The van der Waals surface area contributed by atoms with Crippen LogP contribution in [-0.4, -0.2) is 24.3 Å². The number of carbonyl (C=O) groups is 3. The molecule has 0 saturated heterocycles. The quantitative estimate of drug-likeness (QED) is 0.491. The standard InChI is InChI=1S/C24H21FN4O3S/c25-18-9-7-17(8-10-18)20-11-12-21(33-20)24(32)28-27-22(30)13-14-23(31)29(16-4-15-26)19-5-2-1-3-6-19/h1-3,5-12H,4,13-14,16H2,(H,27,30)(H,28,32). The second kappa shape index (κ2) is 11.5. The number of nitrogens with one attached hydrogen (secondary N) is 2. The smallest absolute Gasteiger partial charge is 0.279 e. The molecule has 3 amide bonds. The predicted octanol–water partition coefficient (Wildman–Crippen LogP) is 4.04. The summed E-state index contributed by atoms with van der Waals surface area (Å²) in [6, 6.07) is 20.2. The summed E-state index contributed by atoms with van der Waals surface area (Å²) in [5.41, 5.74) is 6.08. The Labute approximate surface area is 194 Å². The summed E-state index contributed by atoms with van der Waals surface area (Å²) in [5, 5.41) is 8.85. The second-order valence-corrected chi connectivity index (χ2v) is 8.05. The molecule has 168 valence electrons. The Hall–Kier alpha value is -4.03. The molecule has 0 radical (unpaired) electrons. The molecule has 3 aromatic rings. The van der Waals surface area contributed by atoms with Gasteiger partial charge >= 0.3 is 0 Å². The molecule has 1 aromatic heterocycles. The van der Waals surface area contributed by atoms with Gasteiger partial charge in [-0.1, -0.05) is 30.3 Å². The highest BCUT2D eigenvalue weighted by Gasteiger charge is 2.17. The fourth-order valence-electron chi connectivity index (χ4n) is 3.00. The van der Waals surface area contributed by atoms with Gasteiger partial charge in [0.25, 0.3) is 5.91 Å². The number of benzene rings is 2. The van der Waals surface area contributed by atoms with Gasteiger partial charge in [-0.15, -0.1) is 11.3 Å². The number of hydrazine groups is 1. The number of amides is 3. The number of halogens is 1. The van der Waals surface area contributed by atoms with Gasteiger partial charge in [-0.05, 0) is 42.0 Å². The highest BCUT2D eigenvalue weighted by atomic mass is 32.1. The third kappa shape index (κ3) is 6.72. The maximum Gasteiger partial charge on any atom is 0.279 e. The van der Waals surface area contributed by atoms with E-state index in [2.05, 4.69) is 10.9 Å². The van der Waals surface area contributed by atoms with Crippen LogP contribution in [0.25, 0.3) is 10.4 Å². The second-order valence-electron chi connectivity index (χ2n) is 6.96. The SMILES string of the molecule is N#CCCN(C(=O)CCC(=O)NNC(=O)c1ccc(-c2ccc(F)cc2)s1)c1ccccc1. The van der Waals surface area contributed by atoms with Crippen LogP contribution < -0.4 is 15.8 Å². The van der Waals surface area contributed by atoms with Crippen molar-refractivity contribution >= 4 is 34.7 Å². The maximum atomic E-state index is 13.1. The molecule has 0 spiro atoms. The summed E-state index contributed by atoms with van der Waals surface area (Å²) in [6.45, 7) is 0.229. The molecule has 2 aromatic carbocycles. The van der Waals surface area contributed by atoms with Crippen molar-refractivity contribution in [3.63, 3.8) is 0 Å². The van der Waals surface area contributed by atoms with Crippen molar-refractivity contribution in [1.29, 1.82) is 5.26 Å². The van der Waals surface area contributed by atoms with E-state index in [0.717, 1.165) is 10.4 Å². The lowest BCUT2D eigenvalue weighted by atomic mass is 10.2. The number of carbonyl (C=O) groups excluding carboxylic acids is 3. The Morgan fingerprint density at radius 3 is 2.36 bits per heavy atom. The minimum Gasteiger partial charge on any atom is -0.311 e. The Balaban J connectivity index is 1.49. The van der Waals surface area contributed by atoms with E-state index in [1.165, 1.54) is 28.4 Å². The zero-order valence-electron chi connectivity index (χ0n) is 17.6. The Morgan fingerprint density at radius 1 is 0.939 bits per heavy atom. The van der Waals surface area contributed by atoms with Gasteiger partial charge in [-0.3, -0.25) is 25.2 Å². The fraction of sp³-hybridized carbons (Fsp3) is 0.167. The first kappa shape index (κ1) is 23.6. The molecule has 3 rings (SSSR count). The van der Waals surface area contributed by atoms with E-state index in [1.54, 1.807) is 48.5 Å². The van der Waals surface area contributed by atoms with Crippen molar-refractivity contribution in [1.82, 2.24) is 10.9 Å². The highest BCUT2D eigenvalue weighted by molar-refractivity contribution is 7.17. The van der Waals surface area contributed by atoms with Crippen LogP contribution in [0.4, 0.5) is 10.1 Å². The van der Waals surface area contributed by atoms with Crippen LogP contribution in [0.15, 0.2) is 66.7 Å². The Bertz CT molecular complexity index is 1160. The zero-order valence-corrected chi connectivity index (χ0v) is 18.4. The van der Waals surface area contributed by atoms with Gasteiger partial charge in [0.2, 0.25) is 11.8 Å². The molecule has 0 bridgehead atoms. The van der Waals surface area contributed by atoms with E-state index in [4.69, 9.17) is 5.26 Å². The summed E-state index contributed by atoms with van der Waals surface area (Å²) in [5.74, 6) is -1.64. The molecule has 7 nitrogen and oxygen atoms in total. The molecule has 0 aliphatic rings. The molecule has 0 atom stereocenters. The van der Waals surface area contributed by atoms with Crippen LogP contribution in [0, 0.1) is 17.1 Å². The average Bonchev–Trinajstić information content (AvgIpc) is 3.33. The first-order valence-electron chi connectivity index (χ1n) is 10.2. The minimum absolute atomic E-state index is 0.0737. The van der Waals surface area contributed by atoms with E-state index < -0.39 is 11.8 Å². The topological polar surface area (TPSA) is 102 Å². The molecule has 0 saturated carbocycles. The zero-order chi connectivity index (χ0) is 23.6. The van der Waals surface area contributed by atoms with Crippen LogP contribution in [-0.2, 0) is 9.59 Å². The van der Waals surface area contributed by atoms with Crippen molar-refractivity contribution in [2.45, 2.75) is 19.3 Å². The van der Waals surface area contributed by atoms with Crippen LogP contribution in [0.2, 0.25) is 0 Å². The van der Waals surface area contributed by atoms with Gasteiger partial charge in [0.05, 0.1) is 17.4 Å². The lowest BCUT2D eigenvalue weighted by molar-refractivity contribution is -0.125. The molecule has 0 aliphatic carbocycles. The Kier molecular flexibility index (Phi) is 8.27. The summed E-state index contributed by atoms with van der Waals surface area (Å²) in [7, 11) is 0. The normalized spacial score (nSPS) is 10.2. The number of para-hydroxylation sites is 1. The minimum atomic E-state index is -0.514. The first-order chi connectivity index (χ1) is 16.0. The molecular formula is C24H21FN4O3S.